The summed E-state index contributed by atoms with van der Waals surface area (Å²) < 4.78 is 21.9. The summed E-state index contributed by atoms with van der Waals surface area (Å²) >= 11 is 0. The minimum atomic E-state index is 0.0424. The highest BCUT2D eigenvalue weighted by Crippen LogP contribution is 2.38. The number of ether oxygens (including phenoxy) is 4. The summed E-state index contributed by atoms with van der Waals surface area (Å²) in [5, 5.41) is 0. The Kier molecular flexibility index (Phi) is 5.67. The highest BCUT2D eigenvalue weighted by Gasteiger charge is 2.31. The van der Waals surface area contributed by atoms with Crippen molar-refractivity contribution < 1.29 is 23.7 Å². The van der Waals surface area contributed by atoms with E-state index in [0.29, 0.717) is 32.0 Å². The van der Waals surface area contributed by atoms with Crippen LogP contribution in [0.3, 0.4) is 0 Å². The molecular weight excluding hydrogens is 358 g/mol. The molecule has 2 aromatic carbocycles. The molecule has 1 amide bonds. The van der Waals surface area contributed by atoms with Crippen LogP contribution in [0, 0.1) is 0 Å². The van der Waals surface area contributed by atoms with E-state index in [-0.39, 0.29) is 11.9 Å². The van der Waals surface area contributed by atoms with Gasteiger partial charge < -0.3 is 23.8 Å². The molecule has 4 rings (SSSR count). The molecule has 0 unspecified atom stereocenters. The fourth-order valence-electron chi connectivity index (χ4n) is 3.73. The zero-order valence-corrected chi connectivity index (χ0v) is 16.1. The maximum Gasteiger partial charge on any atom is 0.254 e. The summed E-state index contributed by atoms with van der Waals surface area (Å²) in [7, 11) is 1.64. The van der Waals surface area contributed by atoms with Gasteiger partial charge in [-0.25, -0.2) is 0 Å². The lowest BCUT2D eigenvalue weighted by Crippen LogP contribution is -2.30. The van der Waals surface area contributed by atoms with Crippen LogP contribution in [-0.2, 0) is 4.74 Å². The van der Waals surface area contributed by atoms with E-state index < -0.39 is 0 Å². The van der Waals surface area contributed by atoms with Crippen LogP contribution in [0.1, 0.15) is 34.8 Å². The van der Waals surface area contributed by atoms with E-state index in [1.807, 2.05) is 47.4 Å². The molecule has 6 nitrogen and oxygen atoms in total. The molecule has 2 heterocycles. The lowest BCUT2D eigenvalue weighted by molar-refractivity contribution is 0.0735. The lowest BCUT2D eigenvalue weighted by Gasteiger charge is -2.27. The van der Waals surface area contributed by atoms with Gasteiger partial charge in [0, 0.05) is 19.2 Å². The number of amides is 1. The summed E-state index contributed by atoms with van der Waals surface area (Å²) in [5.74, 6) is 2.31. The molecule has 6 heteroatoms. The fraction of sp³-hybridized carbons (Fsp3) is 0.409. The molecule has 0 radical (unpaired) electrons. The number of benzene rings is 2. The average Bonchev–Trinajstić information content (AvgIpc) is 3.23. The maximum atomic E-state index is 13.1. The third-order valence-corrected chi connectivity index (χ3v) is 5.12. The Hall–Kier alpha value is -2.73. The van der Waals surface area contributed by atoms with Gasteiger partial charge in [-0.3, -0.25) is 4.79 Å². The first-order chi connectivity index (χ1) is 13.8. The number of carbonyl (C=O) groups is 1. The van der Waals surface area contributed by atoms with Crippen molar-refractivity contribution >= 4 is 5.91 Å². The predicted octanol–water partition coefficient (Wildman–Crippen LogP) is 3.46. The highest BCUT2D eigenvalue weighted by molar-refractivity contribution is 5.94. The second-order valence-corrected chi connectivity index (χ2v) is 6.93. The number of hydrogen-bond acceptors (Lipinski definition) is 5. The first-order valence-electron chi connectivity index (χ1n) is 9.68. The van der Waals surface area contributed by atoms with Gasteiger partial charge in [0.1, 0.15) is 25.6 Å². The Morgan fingerprint density at radius 2 is 1.86 bits per heavy atom. The molecular formula is C22H25NO5. The molecule has 2 aliphatic heterocycles. The molecule has 1 saturated heterocycles. The van der Waals surface area contributed by atoms with Crippen molar-refractivity contribution in [2.24, 2.45) is 0 Å². The molecule has 0 bridgehead atoms. The van der Waals surface area contributed by atoms with Crippen LogP contribution in [0.5, 0.6) is 17.2 Å². The van der Waals surface area contributed by atoms with Gasteiger partial charge in [0.25, 0.3) is 5.91 Å². The van der Waals surface area contributed by atoms with E-state index in [2.05, 4.69) is 0 Å². The molecule has 0 saturated carbocycles. The third kappa shape index (κ3) is 3.92. The molecule has 2 aliphatic rings. The number of nitrogens with zero attached hydrogens (tertiary/aromatic N) is 1. The van der Waals surface area contributed by atoms with Crippen LogP contribution < -0.4 is 14.2 Å². The molecule has 2 aromatic rings. The summed E-state index contributed by atoms with van der Waals surface area (Å²) in [6, 6.07) is 13.4. The van der Waals surface area contributed by atoms with Gasteiger partial charge >= 0.3 is 0 Å². The monoisotopic (exact) mass is 383 g/mol. The number of methoxy groups -OCH3 is 1. The van der Waals surface area contributed by atoms with E-state index in [1.54, 1.807) is 7.11 Å². The topological polar surface area (TPSA) is 57.2 Å². The van der Waals surface area contributed by atoms with Crippen molar-refractivity contribution in [1.82, 2.24) is 4.90 Å². The van der Waals surface area contributed by atoms with Crippen molar-refractivity contribution in [3.8, 4) is 17.2 Å². The van der Waals surface area contributed by atoms with Gasteiger partial charge in [0.05, 0.1) is 12.6 Å². The quantitative estimate of drug-likeness (QED) is 0.715. The minimum Gasteiger partial charge on any atom is -0.491 e. The summed E-state index contributed by atoms with van der Waals surface area (Å²) in [4.78, 5) is 15.1. The van der Waals surface area contributed by atoms with Crippen LogP contribution in [0.15, 0.2) is 42.5 Å². The molecule has 0 aromatic heterocycles. The Morgan fingerprint density at radius 1 is 1.07 bits per heavy atom. The largest absolute Gasteiger partial charge is 0.491 e. The highest BCUT2D eigenvalue weighted by atomic mass is 16.6. The van der Waals surface area contributed by atoms with E-state index in [9.17, 15) is 4.79 Å². The first kappa shape index (κ1) is 18.6. The van der Waals surface area contributed by atoms with Gasteiger partial charge in [-0.05, 0) is 54.8 Å². The van der Waals surface area contributed by atoms with Gasteiger partial charge in [0.15, 0.2) is 11.5 Å². The summed E-state index contributed by atoms with van der Waals surface area (Å²) in [5.41, 5.74) is 1.76. The van der Waals surface area contributed by atoms with Crippen molar-refractivity contribution in [2.45, 2.75) is 18.9 Å². The Labute approximate surface area is 165 Å². The van der Waals surface area contributed by atoms with Crippen LogP contribution in [0.25, 0.3) is 0 Å². The van der Waals surface area contributed by atoms with Crippen LogP contribution >= 0.6 is 0 Å². The first-order valence-corrected chi connectivity index (χ1v) is 9.68. The summed E-state index contributed by atoms with van der Waals surface area (Å²) in [6.45, 7) is 2.91. The number of rotatable bonds is 6. The van der Waals surface area contributed by atoms with Crippen molar-refractivity contribution in [3.63, 3.8) is 0 Å². The minimum absolute atomic E-state index is 0.0424. The zero-order valence-electron chi connectivity index (χ0n) is 16.1. The van der Waals surface area contributed by atoms with Crippen molar-refractivity contribution in [1.29, 1.82) is 0 Å². The van der Waals surface area contributed by atoms with Crippen LogP contribution in [0.2, 0.25) is 0 Å². The number of fused-ring (bicyclic) bond motifs is 1. The van der Waals surface area contributed by atoms with Gasteiger partial charge in [0.2, 0.25) is 0 Å². The van der Waals surface area contributed by atoms with Gasteiger partial charge in [-0.1, -0.05) is 6.07 Å². The second kappa shape index (κ2) is 8.52. The van der Waals surface area contributed by atoms with Crippen molar-refractivity contribution in [2.75, 3.05) is 40.1 Å². The Balaban J connectivity index is 1.48. The number of carbonyl (C=O) groups excluding carboxylic acids is 1. The zero-order chi connectivity index (χ0) is 19.3. The fourth-order valence-corrected chi connectivity index (χ4v) is 3.73. The van der Waals surface area contributed by atoms with Gasteiger partial charge in [-0.2, -0.15) is 0 Å². The Morgan fingerprint density at radius 3 is 2.64 bits per heavy atom. The normalized spacial score (nSPS) is 18.2. The molecule has 0 spiro atoms. The summed E-state index contributed by atoms with van der Waals surface area (Å²) in [6.07, 6.45) is 1.94. The van der Waals surface area contributed by atoms with Crippen LogP contribution in [-0.4, -0.2) is 50.9 Å². The van der Waals surface area contributed by atoms with E-state index >= 15 is 0 Å². The van der Waals surface area contributed by atoms with E-state index in [0.717, 1.165) is 42.2 Å². The SMILES string of the molecule is COCCOc1ccc(C(=O)N2CCC[C@H]2c2ccc3c(c2)OCCO3)cc1. The molecule has 28 heavy (non-hydrogen) atoms. The average molecular weight is 383 g/mol. The smallest absolute Gasteiger partial charge is 0.254 e. The van der Waals surface area contributed by atoms with E-state index in [4.69, 9.17) is 18.9 Å². The standard InChI is InChI=1S/C22H25NO5/c1-25-11-12-26-18-7-4-16(5-8-18)22(24)23-10-2-3-19(23)17-6-9-20-21(15-17)28-14-13-27-20/h4-9,15,19H,2-3,10-14H2,1H3/t19-/m0/s1. The number of likely N-dealkylation sites (tertiary alicyclic amines) is 1. The Bertz CT molecular complexity index is 820. The maximum absolute atomic E-state index is 13.1. The third-order valence-electron chi connectivity index (χ3n) is 5.12. The van der Waals surface area contributed by atoms with E-state index in [1.165, 1.54) is 0 Å². The molecule has 1 fully saturated rings. The molecule has 0 aliphatic carbocycles. The van der Waals surface area contributed by atoms with Crippen LogP contribution in [0.4, 0.5) is 0 Å². The predicted molar refractivity (Wildman–Crippen MR) is 104 cm³/mol. The number of hydrogen-bond donors (Lipinski definition) is 0. The molecule has 148 valence electrons. The molecule has 1 atom stereocenters. The molecule has 0 N–H and O–H groups in total. The lowest BCUT2D eigenvalue weighted by atomic mass is 10.0. The second-order valence-electron chi connectivity index (χ2n) is 6.93. The van der Waals surface area contributed by atoms with Crippen molar-refractivity contribution in [3.05, 3.63) is 53.6 Å². The van der Waals surface area contributed by atoms with Gasteiger partial charge in [-0.15, -0.1) is 0 Å².